The average Bonchev–Trinajstić information content (AvgIpc) is 1.95. The zero-order valence-corrected chi connectivity index (χ0v) is 8.30. The van der Waals surface area contributed by atoms with Crippen LogP contribution in [0, 0.1) is 0 Å². The lowest BCUT2D eigenvalue weighted by molar-refractivity contribution is -0.151. The minimum absolute atomic E-state index is 0.00148. The molecule has 13 heavy (non-hydrogen) atoms. The van der Waals surface area contributed by atoms with Gasteiger partial charge in [0.05, 0.1) is 13.4 Å². The summed E-state index contributed by atoms with van der Waals surface area (Å²) < 4.78 is 27.4. The van der Waals surface area contributed by atoms with Crippen LogP contribution in [0.15, 0.2) is 0 Å². The zero-order valence-electron chi connectivity index (χ0n) is 7.48. The molecule has 2 N–H and O–H groups in total. The molecule has 0 aliphatic carbocycles. The quantitative estimate of drug-likeness (QED) is 0.537. The van der Waals surface area contributed by atoms with E-state index in [0.717, 1.165) is 10.6 Å². The van der Waals surface area contributed by atoms with E-state index in [4.69, 9.17) is 5.73 Å². The van der Waals surface area contributed by atoms with Crippen molar-refractivity contribution >= 4 is 16.0 Å². The minimum atomic E-state index is -3.23. The first-order valence-corrected chi connectivity index (χ1v) is 5.47. The molecule has 0 amide bonds. The molecule has 76 valence electrons. The first-order chi connectivity index (χ1) is 5.79. The standard InChI is InChI=1S/C6H12N2O4S/c1-12-5(9)6(7)3-8(4-6)13(2,10)11/h3-4,7H2,1-2H3. The third-order valence-electron chi connectivity index (χ3n) is 1.98. The maximum Gasteiger partial charge on any atom is 0.328 e. The molecule has 0 unspecified atom stereocenters. The molecule has 1 rings (SSSR count). The normalized spacial score (nSPS) is 22.1. The Morgan fingerprint density at radius 1 is 1.54 bits per heavy atom. The second-order valence-electron chi connectivity index (χ2n) is 3.18. The van der Waals surface area contributed by atoms with Crippen molar-refractivity contribution in [3.05, 3.63) is 0 Å². The van der Waals surface area contributed by atoms with Crippen LogP contribution in [0.2, 0.25) is 0 Å². The summed E-state index contributed by atoms with van der Waals surface area (Å²) in [6, 6.07) is 0. The smallest absolute Gasteiger partial charge is 0.328 e. The molecule has 7 heteroatoms. The van der Waals surface area contributed by atoms with Gasteiger partial charge < -0.3 is 10.5 Å². The fraction of sp³-hybridized carbons (Fsp3) is 0.833. The van der Waals surface area contributed by atoms with E-state index in [0.29, 0.717) is 0 Å². The van der Waals surface area contributed by atoms with E-state index < -0.39 is 21.5 Å². The fourth-order valence-electron chi connectivity index (χ4n) is 1.15. The molecule has 0 atom stereocenters. The van der Waals surface area contributed by atoms with Crippen molar-refractivity contribution in [2.45, 2.75) is 5.54 Å². The maximum atomic E-state index is 11.0. The van der Waals surface area contributed by atoms with E-state index in [1.54, 1.807) is 0 Å². The van der Waals surface area contributed by atoms with E-state index in [2.05, 4.69) is 4.74 Å². The van der Waals surface area contributed by atoms with Crippen LogP contribution in [0.1, 0.15) is 0 Å². The lowest BCUT2D eigenvalue weighted by Crippen LogP contribution is -2.72. The molecule has 0 radical (unpaired) electrons. The molecule has 1 aliphatic heterocycles. The Hall–Kier alpha value is -0.660. The number of sulfonamides is 1. The highest BCUT2D eigenvalue weighted by Gasteiger charge is 2.50. The van der Waals surface area contributed by atoms with Crippen molar-refractivity contribution in [3.63, 3.8) is 0 Å². The summed E-state index contributed by atoms with van der Waals surface area (Å²) >= 11 is 0. The van der Waals surface area contributed by atoms with Crippen LogP contribution >= 0.6 is 0 Å². The Kier molecular flexibility index (Phi) is 2.35. The molecule has 6 nitrogen and oxygen atoms in total. The number of nitrogens with zero attached hydrogens (tertiary/aromatic N) is 1. The Morgan fingerprint density at radius 2 is 2.00 bits per heavy atom. The van der Waals surface area contributed by atoms with Crippen molar-refractivity contribution in [1.82, 2.24) is 4.31 Å². The lowest BCUT2D eigenvalue weighted by Gasteiger charge is -2.43. The first kappa shape index (κ1) is 10.4. The summed E-state index contributed by atoms with van der Waals surface area (Å²) in [5, 5.41) is 0. The average molecular weight is 208 g/mol. The molecule has 1 heterocycles. The number of carbonyl (C=O) groups is 1. The number of methoxy groups -OCH3 is 1. The highest BCUT2D eigenvalue weighted by Crippen LogP contribution is 2.21. The summed E-state index contributed by atoms with van der Waals surface area (Å²) in [5.41, 5.74) is 4.41. The van der Waals surface area contributed by atoms with Gasteiger partial charge in [0.15, 0.2) is 0 Å². The fourth-order valence-corrected chi connectivity index (χ4v) is 2.08. The Labute approximate surface area is 76.7 Å². The number of nitrogens with two attached hydrogens (primary N) is 1. The van der Waals surface area contributed by atoms with Crippen LogP contribution in [-0.2, 0) is 19.6 Å². The summed E-state index contributed by atoms with van der Waals surface area (Å²) in [6.07, 6.45) is 1.07. The van der Waals surface area contributed by atoms with Crippen LogP contribution in [0.25, 0.3) is 0 Å². The molecule has 1 aliphatic rings. The van der Waals surface area contributed by atoms with Gasteiger partial charge in [-0.25, -0.2) is 13.2 Å². The van der Waals surface area contributed by atoms with Crippen molar-refractivity contribution < 1.29 is 17.9 Å². The van der Waals surface area contributed by atoms with E-state index in [1.807, 2.05) is 0 Å². The van der Waals surface area contributed by atoms with Gasteiger partial charge in [-0.15, -0.1) is 0 Å². The van der Waals surface area contributed by atoms with Crippen molar-refractivity contribution in [2.24, 2.45) is 5.73 Å². The molecule has 0 aromatic heterocycles. The number of ether oxygens (including phenoxy) is 1. The predicted octanol–water partition coefficient (Wildman–Crippen LogP) is -1.87. The number of rotatable bonds is 2. The van der Waals surface area contributed by atoms with Crippen LogP contribution < -0.4 is 5.73 Å². The predicted molar refractivity (Wildman–Crippen MR) is 45.4 cm³/mol. The van der Waals surface area contributed by atoms with Gasteiger partial charge in [0.25, 0.3) is 0 Å². The van der Waals surface area contributed by atoms with Gasteiger partial charge >= 0.3 is 5.97 Å². The Bertz CT molecular complexity index is 318. The largest absolute Gasteiger partial charge is 0.468 e. The highest BCUT2D eigenvalue weighted by atomic mass is 32.2. The Morgan fingerprint density at radius 3 is 2.31 bits per heavy atom. The van der Waals surface area contributed by atoms with E-state index in [1.165, 1.54) is 7.11 Å². The molecular formula is C6H12N2O4S. The van der Waals surface area contributed by atoms with Gasteiger partial charge in [-0.05, 0) is 0 Å². The Balaban J connectivity index is 2.63. The van der Waals surface area contributed by atoms with Gasteiger partial charge in [-0.2, -0.15) is 4.31 Å². The van der Waals surface area contributed by atoms with Crippen LogP contribution in [0.5, 0.6) is 0 Å². The van der Waals surface area contributed by atoms with Gasteiger partial charge in [0.1, 0.15) is 5.54 Å². The van der Waals surface area contributed by atoms with Crippen molar-refractivity contribution in [1.29, 1.82) is 0 Å². The molecule has 0 bridgehead atoms. The SMILES string of the molecule is COC(=O)C1(N)CN(S(C)(=O)=O)C1. The van der Waals surface area contributed by atoms with Gasteiger partial charge in [0.2, 0.25) is 10.0 Å². The molecule has 0 saturated carbocycles. The molecule has 0 spiro atoms. The van der Waals surface area contributed by atoms with Crippen molar-refractivity contribution in [2.75, 3.05) is 26.5 Å². The number of esters is 1. The molecule has 0 aromatic carbocycles. The lowest BCUT2D eigenvalue weighted by atomic mass is 9.94. The molecule has 1 fully saturated rings. The van der Waals surface area contributed by atoms with E-state index >= 15 is 0 Å². The second kappa shape index (κ2) is 2.93. The molecular weight excluding hydrogens is 196 g/mol. The summed E-state index contributed by atoms with van der Waals surface area (Å²) in [5.74, 6) is -0.576. The third kappa shape index (κ3) is 1.82. The number of carbonyl (C=O) groups excluding carboxylic acids is 1. The van der Waals surface area contributed by atoms with Gasteiger partial charge in [-0.3, -0.25) is 0 Å². The van der Waals surface area contributed by atoms with E-state index in [9.17, 15) is 13.2 Å². The summed E-state index contributed by atoms with van der Waals surface area (Å²) in [7, 11) is -2.01. The monoisotopic (exact) mass is 208 g/mol. The zero-order chi connectivity index (χ0) is 10.3. The summed E-state index contributed by atoms with van der Waals surface area (Å²) in [6.45, 7) is -0.00296. The van der Waals surface area contributed by atoms with Crippen LogP contribution in [-0.4, -0.2) is 50.7 Å². The molecule has 0 aromatic rings. The maximum absolute atomic E-state index is 11.0. The number of hydrogen-bond acceptors (Lipinski definition) is 5. The third-order valence-corrected chi connectivity index (χ3v) is 3.17. The van der Waals surface area contributed by atoms with Gasteiger partial charge in [0, 0.05) is 13.1 Å². The summed E-state index contributed by atoms with van der Waals surface area (Å²) in [4.78, 5) is 11.0. The second-order valence-corrected chi connectivity index (χ2v) is 5.16. The van der Waals surface area contributed by atoms with Crippen molar-refractivity contribution in [3.8, 4) is 0 Å². The molecule has 1 saturated heterocycles. The number of hydrogen-bond donors (Lipinski definition) is 1. The topological polar surface area (TPSA) is 89.7 Å². The highest BCUT2D eigenvalue weighted by molar-refractivity contribution is 7.88. The first-order valence-electron chi connectivity index (χ1n) is 3.62. The van der Waals surface area contributed by atoms with Crippen LogP contribution in [0.3, 0.4) is 0 Å². The minimum Gasteiger partial charge on any atom is -0.468 e. The van der Waals surface area contributed by atoms with E-state index in [-0.39, 0.29) is 13.1 Å². The van der Waals surface area contributed by atoms with Crippen LogP contribution in [0.4, 0.5) is 0 Å². The van der Waals surface area contributed by atoms with Gasteiger partial charge in [-0.1, -0.05) is 0 Å².